The Bertz CT molecular complexity index is 1160. The van der Waals surface area contributed by atoms with E-state index in [0.29, 0.717) is 34.8 Å². The molecule has 6 nitrogen and oxygen atoms in total. The zero-order chi connectivity index (χ0) is 21.6. The van der Waals surface area contributed by atoms with E-state index < -0.39 is 0 Å². The van der Waals surface area contributed by atoms with E-state index in [4.69, 9.17) is 13.9 Å². The van der Waals surface area contributed by atoms with Crippen LogP contribution in [-0.4, -0.2) is 24.6 Å². The van der Waals surface area contributed by atoms with Crippen molar-refractivity contribution in [2.45, 2.75) is 19.8 Å². The molecule has 0 aliphatic rings. The summed E-state index contributed by atoms with van der Waals surface area (Å²) in [4.78, 5) is 17.2. The van der Waals surface area contributed by atoms with Crippen LogP contribution in [0.5, 0.6) is 11.5 Å². The maximum absolute atomic E-state index is 12.6. The summed E-state index contributed by atoms with van der Waals surface area (Å²) in [6.45, 7) is 2.80. The maximum atomic E-state index is 12.6. The third kappa shape index (κ3) is 4.86. The van der Waals surface area contributed by atoms with Crippen molar-refractivity contribution >= 4 is 22.7 Å². The van der Waals surface area contributed by atoms with Crippen LogP contribution in [0.25, 0.3) is 22.6 Å². The van der Waals surface area contributed by atoms with Crippen molar-refractivity contribution in [3.63, 3.8) is 0 Å². The number of methoxy groups -OCH3 is 1. The first-order valence-electron chi connectivity index (χ1n) is 10.3. The molecule has 0 radical (unpaired) electrons. The van der Waals surface area contributed by atoms with Crippen LogP contribution in [0.4, 0.5) is 5.69 Å². The van der Waals surface area contributed by atoms with Crippen LogP contribution < -0.4 is 14.8 Å². The number of aromatic nitrogens is 1. The average Bonchev–Trinajstić information content (AvgIpc) is 3.23. The van der Waals surface area contributed by atoms with E-state index in [1.807, 2.05) is 36.4 Å². The van der Waals surface area contributed by atoms with Crippen molar-refractivity contribution in [2.24, 2.45) is 0 Å². The van der Waals surface area contributed by atoms with Crippen molar-refractivity contribution in [2.75, 3.05) is 19.0 Å². The fourth-order valence-electron chi connectivity index (χ4n) is 3.10. The smallest absolute Gasteiger partial charge is 0.255 e. The molecule has 0 bridgehead atoms. The summed E-state index contributed by atoms with van der Waals surface area (Å²) >= 11 is 0. The van der Waals surface area contributed by atoms with Crippen LogP contribution in [-0.2, 0) is 0 Å². The molecule has 0 unspecified atom stereocenters. The molecule has 6 heteroatoms. The number of unbranched alkanes of at least 4 members (excludes halogenated alkanes) is 1. The molecule has 158 valence electrons. The number of amides is 1. The van der Waals surface area contributed by atoms with Gasteiger partial charge in [-0.1, -0.05) is 13.3 Å². The van der Waals surface area contributed by atoms with Crippen LogP contribution >= 0.6 is 0 Å². The SMILES string of the molecule is CCCCOc1ccc(C(=O)Nc2ccc3oc(-c4ccc(OC)cc4)nc3c2)cc1. The highest BCUT2D eigenvalue weighted by Crippen LogP contribution is 2.27. The number of nitrogens with one attached hydrogen (secondary N) is 1. The van der Waals surface area contributed by atoms with Gasteiger partial charge in [0, 0.05) is 16.8 Å². The van der Waals surface area contributed by atoms with Crippen molar-refractivity contribution in [3.05, 3.63) is 72.3 Å². The first-order valence-corrected chi connectivity index (χ1v) is 10.3. The molecule has 1 aromatic heterocycles. The van der Waals surface area contributed by atoms with E-state index in [-0.39, 0.29) is 5.91 Å². The Labute approximate surface area is 180 Å². The fourth-order valence-corrected chi connectivity index (χ4v) is 3.10. The van der Waals surface area contributed by atoms with Crippen molar-refractivity contribution in [1.82, 2.24) is 4.98 Å². The van der Waals surface area contributed by atoms with Crippen molar-refractivity contribution < 1.29 is 18.7 Å². The summed E-state index contributed by atoms with van der Waals surface area (Å²) in [6.07, 6.45) is 2.09. The van der Waals surface area contributed by atoms with Gasteiger partial charge in [0.25, 0.3) is 5.91 Å². The number of oxazole rings is 1. The second-order valence-corrected chi connectivity index (χ2v) is 7.11. The molecule has 0 saturated heterocycles. The molecular weight excluding hydrogens is 392 g/mol. The minimum atomic E-state index is -0.196. The van der Waals surface area contributed by atoms with Crippen molar-refractivity contribution in [3.8, 4) is 23.0 Å². The van der Waals surface area contributed by atoms with E-state index in [9.17, 15) is 4.79 Å². The topological polar surface area (TPSA) is 73.6 Å². The van der Waals surface area contributed by atoms with Gasteiger partial charge in [0.05, 0.1) is 13.7 Å². The summed E-state index contributed by atoms with van der Waals surface area (Å²) in [5.74, 6) is 1.85. The zero-order valence-electron chi connectivity index (χ0n) is 17.6. The van der Waals surface area contributed by atoms with Gasteiger partial charge in [-0.05, 0) is 73.2 Å². The van der Waals surface area contributed by atoms with E-state index in [0.717, 1.165) is 29.9 Å². The van der Waals surface area contributed by atoms with E-state index >= 15 is 0 Å². The van der Waals surface area contributed by atoms with Gasteiger partial charge >= 0.3 is 0 Å². The Morgan fingerprint density at radius 2 is 1.74 bits per heavy atom. The van der Waals surface area contributed by atoms with Gasteiger partial charge in [0.1, 0.15) is 17.0 Å². The van der Waals surface area contributed by atoms with Gasteiger partial charge in [-0.3, -0.25) is 4.79 Å². The number of carbonyl (C=O) groups is 1. The summed E-state index contributed by atoms with van der Waals surface area (Å²) < 4.78 is 16.7. The molecule has 1 heterocycles. The Kier molecular flexibility index (Phi) is 6.17. The molecule has 3 aromatic carbocycles. The molecule has 0 aliphatic heterocycles. The minimum Gasteiger partial charge on any atom is -0.497 e. The van der Waals surface area contributed by atoms with E-state index in [2.05, 4.69) is 17.2 Å². The lowest BCUT2D eigenvalue weighted by Crippen LogP contribution is -2.11. The summed E-state index contributed by atoms with van der Waals surface area (Å²) in [5, 5.41) is 2.91. The number of hydrogen-bond acceptors (Lipinski definition) is 5. The number of rotatable bonds is 8. The molecule has 0 aliphatic carbocycles. The lowest BCUT2D eigenvalue weighted by Gasteiger charge is -2.07. The lowest BCUT2D eigenvalue weighted by atomic mass is 10.2. The highest BCUT2D eigenvalue weighted by molar-refractivity contribution is 6.05. The standard InChI is InChI=1S/C25H24N2O4/c1-3-4-15-30-21-12-5-17(6-13-21)24(28)26-19-9-14-23-22(16-19)27-25(31-23)18-7-10-20(29-2)11-8-18/h5-14,16H,3-4,15H2,1-2H3,(H,26,28). The van der Waals surface area contributed by atoms with Crippen LogP contribution in [0.1, 0.15) is 30.1 Å². The van der Waals surface area contributed by atoms with Crippen LogP contribution in [0.3, 0.4) is 0 Å². The summed E-state index contributed by atoms with van der Waals surface area (Å²) in [5.41, 5.74) is 3.38. The Morgan fingerprint density at radius 1 is 1.00 bits per heavy atom. The predicted molar refractivity (Wildman–Crippen MR) is 121 cm³/mol. The average molecular weight is 416 g/mol. The molecule has 4 aromatic rings. The Morgan fingerprint density at radius 3 is 2.45 bits per heavy atom. The molecule has 0 spiro atoms. The molecule has 0 atom stereocenters. The minimum absolute atomic E-state index is 0.196. The first kappa shape index (κ1) is 20.5. The molecule has 1 N–H and O–H groups in total. The predicted octanol–water partition coefficient (Wildman–Crippen LogP) is 5.93. The first-order chi connectivity index (χ1) is 15.2. The molecule has 1 amide bonds. The summed E-state index contributed by atoms with van der Waals surface area (Å²) in [6, 6.07) is 20.0. The van der Waals surface area contributed by atoms with Gasteiger partial charge in [0.2, 0.25) is 5.89 Å². The van der Waals surface area contributed by atoms with Gasteiger partial charge < -0.3 is 19.2 Å². The number of carbonyl (C=O) groups excluding carboxylic acids is 1. The molecule has 4 rings (SSSR count). The van der Waals surface area contributed by atoms with Gasteiger partial charge in [-0.2, -0.15) is 0 Å². The monoisotopic (exact) mass is 416 g/mol. The second-order valence-electron chi connectivity index (χ2n) is 7.11. The molecular formula is C25H24N2O4. The number of hydrogen-bond donors (Lipinski definition) is 1. The Hall–Kier alpha value is -3.80. The maximum Gasteiger partial charge on any atom is 0.255 e. The quantitative estimate of drug-likeness (QED) is 0.360. The molecule has 31 heavy (non-hydrogen) atoms. The van der Waals surface area contributed by atoms with Crippen LogP contribution in [0.15, 0.2) is 71.1 Å². The largest absolute Gasteiger partial charge is 0.497 e. The fraction of sp³-hybridized carbons (Fsp3) is 0.200. The number of benzene rings is 3. The second kappa shape index (κ2) is 9.34. The van der Waals surface area contributed by atoms with E-state index in [1.54, 1.807) is 37.4 Å². The van der Waals surface area contributed by atoms with Crippen LogP contribution in [0.2, 0.25) is 0 Å². The van der Waals surface area contributed by atoms with Crippen molar-refractivity contribution in [1.29, 1.82) is 0 Å². The summed E-state index contributed by atoms with van der Waals surface area (Å²) in [7, 11) is 1.63. The highest BCUT2D eigenvalue weighted by atomic mass is 16.5. The van der Waals surface area contributed by atoms with Gasteiger partial charge in [-0.15, -0.1) is 0 Å². The third-order valence-corrected chi connectivity index (χ3v) is 4.87. The van der Waals surface area contributed by atoms with Gasteiger partial charge in [0.15, 0.2) is 5.58 Å². The lowest BCUT2D eigenvalue weighted by molar-refractivity contribution is 0.102. The zero-order valence-corrected chi connectivity index (χ0v) is 17.6. The molecule has 0 saturated carbocycles. The number of anilines is 1. The number of nitrogens with zero attached hydrogens (tertiary/aromatic N) is 1. The normalized spacial score (nSPS) is 10.8. The third-order valence-electron chi connectivity index (χ3n) is 4.87. The molecule has 0 fully saturated rings. The highest BCUT2D eigenvalue weighted by Gasteiger charge is 2.11. The van der Waals surface area contributed by atoms with E-state index in [1.165, 1.54) is 0 Å². The number of fused-ring (bicyclic) bond motifs is 1. The van der Waals surface area contributed by atoms with Crippen LogP contribution in [0, 0.1) is 0 Å². The number of ether oxygens (including phenoxy) is 2. The Balaban J connectivity index is 1.46. The van der Waals surface area contributed by atoms with Gasteiger partial charge in [-0.25, -0.2) is 4.98 Å².